The molecule has 1 N–H and O–H groups in total. The van der Waals surface area contributed by atoms with Crippen molar-refractivity contribution < 1.29 is 4.43 Å². The van der Waals surface area contributed by atoms with Crippen LogP contribution in [0.4, 0.5) is 0 Å². The first-order chi connectivity index (χ1) is 17.4. The smallest absolute Gasteiger partial charge is 0.201 e. The summed E-state index contributed by atoms with van der Waals surface area (Å²) in [7, 11) is -3.67. The molecule has 0 aliphatic rings. The Morgan fingerprint density at radius 3 is 1.76 bits per heavy atom. The van der Waals surface area contributed by atoms with Crippen molar-refractivity contribution in [1.29, 1.82) is 0 Å². The maximum absolute atomic E-state index is 7.64. The first kappa shape index (κ1) is 31.6. The van der Waals surface area contributed by atoms with Crippen LogP contribution in [0.2, 0.25) is 36.3 Å². The van der Waals surface area contributed by atoms with Crippen LogP contribution >= 0.6 is 0 Å². The van der Waals surface area contributed by atoms with Gasteiger partial charge in [-0.25, -0.2) is 0 Å². The van der Waals surface area contributed by atoms with Crippen LogP contribution in [0, 0.1) is 17.4 Å². The second-order valence-corrected chi connectivity index (χ2v) is 22.7. The van der Waals surface area contributed by atoms with Gasteiger partial charge in [-0.05, 0) is 34.2 Å². The molecule has 0 saturated carbocycles. The quantitative estimate of drug-likeness (QED) is 0.204. The molecule has 0 aromatic heterocycles. The van der Waals surface area contributed by atoms with Crippen molar-refractivity contribution in [3.63, 3.8) is 0 Å². The number of benzene rings is 2. The fourth-order valence-electron chi connectivity index (χ4n) is 5.87. The van der Waals surface area contributed by atoms with Gasteiger partial charge in [0, 0.05) is 12.5 Å². The summed E-state index contributed by atoms with van der Waals surface area (Å²) in [4.78, 5) is 0. The predicted octanol–water partition coefficient (Wildman–Crippen LogP) is 9.38. The highest BCUT2D eigenvalue weighted by atomic mass is 28.4. The largest absolute Gasteiger partial charge is 0.407 e. The third kappa shape index (κ3) is 8.96. The second-order valence-electron chi connectivity index (χ2n) is 12.6. The average Bonchev–Trinajstić information content (AvgIpc) is 2.84. The molecule has 4 heteroatoms. The van der Waals surface area contributed by atoms with E-state index in [0.717, 1.165) is 19.4 Å². The average molecular weight is 536 g/mol. The highest BCUT2D eigenvalue weighted by Gasteiger charge is 2.48. The molecule has 0 fully saturated rings. The van der Waals surface area contributed by atoms with Gasteiger partial charge in [-0.2, -0.15) is 0 Å². The number of hydrogen-bond acceptors (Lipinski definition) is 2. The molecule has 204 valence electrons. The van der Waals surface area contributed by atoms with E-state index in [2.05, 4.69) is 146 Å². The van der Waals surface area contributed by atoms with Crippen molar-refractivity contribution in [3.8, 4) is 11.5 Å². The van der Waals surface area contributed by atoms with Crippen molar-refractivity contribution in [1.82, 2.24) is 5.32 Å². The Bertz CT molecular complexity index is 948. The molecular weight excluding hydrogens is 483 g/mol. The van der Waals surface area contributed by atoms with Gasteiger partial charge in [-0.3, -0.25) is 0 Å². The molecule has 3 unspecified atom stereocenters. The third-order valence-corrected chi connectivity index (χ3v) is 14.5. The standard InChI is InChI=1S/C33H53NOSi2/c1-11-18-30(23-24-36(8,9)10)32(34-25-29-19-14-12-15-20-29)33(31-21-16-13-17-22-31)35-37(26(2)3,27(4)5)28(6)7/h12-17,19-22,26-28,30,32-34H,11,18,25H2,1-10H3. The lowest BCUT2D eigenvalue weighted by molar-refractivity contribution is 0.109. The number of nitrogens with one attached hydrogen (secondary N) is 1. The molecule has 0 saturated heterocycles. The van der Waals surface area contributed by atoms with Crippen LogP contribution in [0.5, 0.6) is 0 Å². The maximum atomic E-state index is 7.64. The van der Waals surface area contributed by atoms with Gasteiger partial charge in [-0.15, -0.1) is 11.5 Å². The molecule has 0 spiro atoms. The number of rotatable bonds is 13. The first-order valence-corrected chi connectivity index (χ1v) is 20.1. The summed E-state index contributed by atoms with van der Waals surface area (Å²) in [6.07, 6.45) is 2.13. The molecule has 0 aliphatic carbocycles. The van der Waals surface area contributed by atoms with Crippen LogP contribution < -0.4 is 5.32 Å². The van der Waals surface area contributed by atoms with Gasteiger partial charge < -0.3 is 9.74 Å². The van der Waals surface area contributed by atoms with Crippen molar-refractivity contribution in [3.05, 3.63) is 71.8 Å². The van der Waals surface area contributed by atoms with E-state index in [1.807, 2.05) is 0 Å². The normalized spacial score (nSPS) is 14.9. The van der Waals surface area contributed by atoms with Gasteiger partial charge in [0.1, 0.15) is 8.07 Å². The van der Waals surface area contributed by atoms with Gasteiger partial charge >= 0.3 is 0 Å². The highest BCUT2D eigenvalue weighted by molar-refractivity contribution is 6.83. The Morgan fingerprint density at radius 2 is 1.30 bits per heavy atom. The summed E-state index contributed by atoms with van der Waals surface area (Å²) in [6.45, 7) is 24.4. The van der Waals surface area contributed by atoms with Crippen LogP contribution in [-0.2, 0) is 11.0 Å². The van der Waals surface area contributed by atoms with Crippen LogP contribution in [0.3, 0.4) is 0 Å². The molecule has 2 rings (SSSR count). The van der Waals surface area contributed by atoms with E-state index in [4.69, 9.17) is 4.43 Å². The van der Waals surface area contributed by atoms with Crippen LogP contribution in [0.15, 0.2) is 60.7 Å². The minimum absolute atomic E-state index is 0.0451. The van der Waals surface area contributed by atoms with Gasteiger partial charge in [-0.1, -0.05) is 135 Å². The summed E-state index contributed by atoms with van der Waals surface area (Å²) in [5.74, 6) is 4.03. The monoisotopic (exact) mass is 535 g/mol. The summed E-state index contributed by atoms with van der Waals surface area (Å²) < 4.78 is 7.64. The van der Waals surface area contributed by atoms with E-state index < -0.39 is 16.4 Å². The van der Waals surface area contributed by atoms with Crippen LogP contribution in [0.25, 0.3) is 0 Å². The van der Waals surface area contributed by atoms with E-state index in [9.17, 15) is 0 Å². The molecule has 2 aromatic carbocycles. The fraction of sp³-hybridized carbons (Fsp3) is 0.576. The zero-order chi connectivity index (χ0) is 27.6. The van der Waals surface area contributed by atoms with Crippen molar-refractivity contribution in [2.45, 2.75) is 116 Å². The summed E-state index contributed by atoms with van der Waals surface area (Å²) in [5.41, 5.74) is 7.85. The zero-order valence-electron chi connectivity index (χ0n) is 25.3. The molecule has 0 amide bonds. The van der Waals surface area contributed by atoms with Crippen LogP contribution in [-0.4, -0.2) is 22.4 Å². The lowest BCUT2D eigenvalue weighted by Crippen LogP contribution is -2.52. The van der Waals surface area contributed by atoms with Crippen LogP contribution in [0.1, 0.15) is 78.5 Å². The minimum atomic E-state index is -2.15. The van der Waals surface area contributed by atoms with Crippen molar-refractivity contribution in [2.75, 3.05) is 0 Å². The summed E-state index contributed by atoms with van der Waals surface area (Å²) in [6, 6.07) is 21.8. The van der Waals surface area contributed by atoms with E-state index >= 15 is 0 Å². The first-order valence-electron chi connectivity index (χ1n) is 14.4. The Balaban J connectivity index is 2.68. The number of hydrogen-bond donors (Lipinski definition) is 1. The second kappa shape index (κ2) is 14.5. The molecule has 3 atom stereocenters. The van der Waals surface area contributed by atoms with E-state index in [0.29, 0.717) is 16.6 Å². The molecule has 2 aromatic rings. The molecule has 2 nitrogen and oxygen atoms in total. The third-order valence-electron chi connectivity index (χ3n) is 7.54. The maximum Gasteiger partial charge on any atom is 0.201 e. The summed E-state index contributed by atoms with van der Waals surface area (Å²) in [5, 5.41) is 4.01. The fourth-order valence-corrected chi connectivity index (χ4v) is 12.0. The summed E-state index contributed by atoms with van der Waals surface area (Å²) >= 11 is 0. The Kier molecular flexibility index (Phi) is 12.4. The van der Waals surface area contributed by atoms with E-state index in [-0.39, 0.29) is 18.1 Å². The Hall–Kier alpha value is -1.65. The molecule has 0 radical (unpaired) electrons. The van der Waals surface area contributed by atoms with E-state index in [1.54, 1.807) is 0 Å². The van der Waals surface area contributed by atoms with Gasteiger partial charge in [0.25, 0.3) is 0 Å². The topological polar surface area (TPSA) is 21.3 Å². The lowest BCUT2D eigenvalue weighted by atomic mass is 9.88. The molecule has 37 heavy (non-hydrogen) atoms. The van der Waals surface area contributed by atoms with Crippen molar-refractivity contribution in [2.24, 2.45) is 5.92 Å². The predicted molar refractivity (Wildman–Crippen MR) is 168 cm³/mol. The molecule has 0 aliphatic heterocycles. The van der Waals surface area contributed by atoms with Gasteiger partial charge in [0.2, 0.25) is 8.32 Å². The molecule has 0 heterocycles. The SMILES string of the molecule is CCCC(C#C[Si](C)(C)C)C(NCc1ccccc1)C(O[Si](C(C)C)(C(C)C)C(C)C)c1ccccc1. The Morgan fingerprint density at radius 1 is 0.784 bits per heavy atom. The zero-order valence-corrected chi connectivity index (χ0v) is 27.3. The Labute approximate surface area is 231 Å². The van der Waals surface area contributed by atoms with Crippen molar-refractivity contribution >= 4 is 16.4 Å². The minimum Gasteiger partial charge on any atom is -0.407 e. The molecular formula is C33H53NOSi2. The van der Waals surface area contributed by atoms with E-state index in [1.165, 1.54) is 11.1 Å². The van der Waals surface area contributed by atoms with Gasteiger partial charge in [0.05, 0.1) is 12.1 Å². The molecule has 0 bridgehead atoms. The highest BCUT2D eigenvalue weighted by Crippen LogP contribution is 2.46. The van der Waals surface area contributed by atoms with Gasteiger partial charge in [0.15, 0.2) is 0 Å². The lowest BCUT2D eigenvalue weighted by Gasteiger charge is -2.47.